The molecule has 2 aliphatic carbocycles. The van der Waals surface area contributed by atoms with Crippen molar-refractivity contribution in [1.82, 2.24) is 0 Å². The molecule has 2 aliphatic rings. The molecule has 1 spiro atoms. The maximum atomic E-state index is 6.09. The van der Waals surface area contributed by atoms with Gasteiger partial charge in [-0.15, -0.1) is 0 Å². The highest BCUT2D eigenvalue weighted by atomic mass is 14.9. The van der Waals surface area contributed by atoms with Crippen molar-refractivity contribution in [2.24, 2.45) is 28.4 Å². The van der Waals surface area contributed by atoms with Crippen LogP contribution >= 0.6 is 0 Å². The second-order valence-corrected chi connectivity index (χ2v) is 5.21. The summed E-state index contributed by atoms with van der Waals surface area (Å²) in [5, 5.41) is 0. The minimum Gasteiger partial charge on any atom is -0.327 e. The second-order valence-electron chi connectivity index (χ2n) is 5.21. The van der Waals surface area contributed by atoms with Gasteiger partial charge in [0.05, 0.1) is 0 Å². The van der Waals surface area contributed by atoms with E-state index in [1.54, 1.807) is 0 Å². The number of nitrogens with two attached hydrogens (primary N) is 1. The molecule has 4 atom stereocenters. The fourth-order valence-electron chi connectivity index (χ4n) is 3.43. The molecule has 2 saturated carbocycles. The minimum absolute atomic E-state index is 0.429. The van der Waals surface area contributed by atoms with Crippen LogP contribution in [0.2, 0.25) is 0 Å². The number of rotatable bonds is 0. The summed E-state index contributed by atoms with van der Waals surface area (Å²) in [7, 11) is 0. The largest absolute Gasteiger partial charge is 0.327 e. The van der Waals surface area contributed by atoms with Gasteiger partial charge in [0.15, 0.2) is 0 Å². The van der Waals surface area contributed by atoms with Crippen molar-refractivity contribution in [1.29, 1.82) is 0 Å². The molecule has 2 fully saturated rings. The molecule has 0 aromatic carbocycles. The maximum absolute atomic E-state index is 6.09. The van der Waals surface area contributed by atoms with Crippen LogP contribution in [-0.4, -0.2) is 6.04 Å². The summed E-state index contributed by atoms with van der Waals surface area (Å²) in [6.45, 7) is 9.35. The first-order valence-electron chi connectivity index (χ1n) is 4.70. The average molecular weight is 153 g/mol. The molecule has 2 N–H and O–H groups in total. The summed E-state index contributed by atoms with van der Waals surface area (Å²) in [5.74, 6) is 1.76. The lowest BCUT2D eigenvalue weighted by Gasteiger charge is -2.44. The van der Waals surface area contributed by atoms with Gasteiger partial charge in [0.1, 0.15) is 0 Å². The number of hydrogen-bond donors (Lipinski definition) is 1. The molecule has 4 unspecified atom stereocenters. The normalized spacial score (nSPS) is 59.2. The van der Waals surface area contributed by atoms with Crippen LogP contribution in [0.3, 0.4) is 0 Å². The maximum Gasteiger partial charge on any atom is 0.0162 e. The predicted octanol–water partition coefficient (Wildman–Crippen LogP) is 2.02. The SMILES string of the molecule is CC1CC2(C1C)C(N)C2(C)C. The van der Waals surface area contributed by atoms with Gasteiger partial charge in [-0.05, 0) is 29.1 Å². The Balaban J connectivity index is 2.19. The van der Waals surface area contributed by atoms with E-state index in [9.17, 15) is 0 Å². The van der Waals surface area contributed by atoms with Crippen LogP contribution in [0.15, 0.2) is 0 Å². The third-order valence-corrected chi connectivity index (χ3v) is 4.77. The van der Waals surface area contributed by atoms with Crippen molar-refractivity contribution in [2.45, 2.75) is 40.2 Å². The summed E-state index contributed by atoms with van der Waals surface area (Å²) < 4.78 is 0. The van der Waals surface area contributed by atoms with E-state index in [4.69, 9.17) is 5.73 Å². The first-order chi connectivity index (χ1) is 4.94. The first-order valence-corrected chi connectivity index (χ1v) is 4.70. The molecule has 0 aromatic rings. The zero-order valence-corrected chi connectivity index (χ0v) is 8.02. The molecule has 0 bridgehead atoms. The van der Waals surface area contributed by atoms with Gasteiger partial charge in [-0.25, -0.2) is 0 Å². The molecule has 0 radical (unpaired) electrons. The fourth-order valence-corrected chi connectivity index (χ4v) is 3.43. The van der Waals surface area contributed by atoms with E-state index < -0.39 is 0 Å². The summed E-state index contributed by atoms with van der Waals surface area (Å²) in [4.78, 5) is 0. The van der Waals surface area contributed by atoms with Gasteiger partial charge in [0.2, 0.25) is 0 Å². The quantitative estimate of drug-likeness (QED) is 0.566. The van der Waals surface area contributed by atoms with Crippen molar-refractivity contribution in [2.75, 3.05) is 0 Å². The summed E-state index contributed by atoms with van der Waals surface area (Å²) >= 11 is 0. The minimum atomic E-state index is 0.429. The summed E-state index contributed by atoms with van der Waals surface area (Å²) in [6, 6.07) is 0.473. The van der Waals surface area contributed by atoms with Crippen molar-refractivity contribution in [3.05, 3.63) is 0 Å². The molecule has 0 aromatic heterocycles. The third kappa shape index (κ3) is 0.547. The Labute approximate surface area is 69.4 Å². The molecule has 0 heterocycles. The van der Waals surface area contributed by atoms with E-state index in [2.05, 4.69) is 27.7 Å². The van der Waals surface area contributed by atoms with Gasteiger partial charge in [-0.2, -0.15) is 0 Å². The Hall–Kier alpha value is -0.0400. The lowest BCUT2D eigenvalue weighted by molar-refractivity contribution is 0.0414. The van der Waals surface area contributed by atoms with Crippen LogP contribution < -0.4 is 5.73 Å². The first kappa shape index (κ1) is 7.60. The van der Waals surface area contributed by atoms with Crippen LogP contribution in [0.1, 0.15) is 34.1 Å². The highest BCUT2D eigenvalue weighted by Crippen LogP contribution is 2.76. The van der Waals surface area contributed by atoms with Crippen LogP contribution in [-0.2, 0) is 0 Å². The second kappa shape index (κ2) is 1.66. The van der Waals surface area contributed by atoms with E-state index in [0.717, 1.165) is 11.8 Å². The van der Waals surface area contributed by atoms with Gasteiger partial charge < -0.3 is 5.73 Å². The zero-order valence-electron chi connectivity index (χ0n) is 8.02. The molecular formula is C10H19N. The van der Waals surface area contributed by atoms with Gasteiger partial charge in [0.25, 0.3) is 0 Å². The van der Waals surface area contributed by atoms with E-state index in [-0.39, 0.29) is 0 Å². The molecule has 0 saturated heterocycles. The zero-order chi connectivity index (χ0) is 8.44. The lowest BCUT2D eigenvalue weighted by Crippen LogP contribution is -2.40. The third-order valence-electron chi connectivity index (χ3n) is 4.77. The standard InChI is InChI=1S/C10H19N/c1-6-5-10(7(6)2)8(11)9(10,3)4/h6-8H,5,11H2,1-4H3. The number of hydrogen-bond acceptors (Lipinski definition) is 1. The van der Waals surface area contributed by atoms with E-state index >= 15 is 0 Å². The molecule has 0 aliphatic heterocycles. The van der Waals surface area contributed by atoms with Crippen LogP contribution in [0.25, 0.3) is 0 Å². The Morgan fingerprint density at radius 2 is 1.73 bits per heavy atom. The summed E-state index contributed by atoms with van der Waals surface area (Å²) in [6.07, 6.45) is 1.36. The van der Waals surface area contributed by atoms with Gasteiger partial charge in [-0.3, -0.25) is 0 Å². The molecule has 1 nitrogen and oxygen atoms in total. The molecule has 1 heteroatoms. The lowest BCUT2D eigenvalue weighted by atomic mass is 9.60. The van der Waals surface area contributed by atoms with E-state index in [1.165, 1.54) is 6.42 Å². The van der Waals surface area contributed by atoms with E-state index in [0.29, 0.717) is 16.9 Å². The topological polar surface area (TPSA) is 26.0 Å². The Morgan fingerprint density at radius 1 is 1.27 bits per heavy atom. The Morgan fingerprint density at radius 3 is 1.82 bits per heavy atom. The van der Waals surface area contributed by atoms with Gasteiger partial charge in [-0.1, -0.05) is 27.7 Å². The van der Waals surface area contributed by atoms with Crippen LogP contribution in [0.4, 0.5) is 0 Å². The van der Waals surface area contributed by atoms with E-state index in [1.807, 2.05) is 0 Å². The van der Waals surface area contributed by atoms with Crippen molar-refractivity contribution in [3.63, 3.8) is 0 Å². The van der Waals surface area contributed by atoms with Crippen LogP contribution in [0.5, 0.6) is 0 Å². The smallest absolute Gasteiger partial charge is 0.0162 e. The molecule has 0 amide bonds. The predicted molar refractivity (Wildman–Crippen MR) is 47.1 cm³/mol. The van der Waals surface area contributed by atoms with Crippen molar-refractivity contribution < 1.29 is 0 Å². The average Bonchev–Trinajstić information content (AvgIpc) is 2.36. The molecule has 64 valence electrons. The summed E-state index contributed by atoms with van der Waals surface area (Å²) in [5.41, 5.74) is 7.06. The molecular weight excluding hydrogens is 134 g/mol. The van der Waals surface area contributed by atoms with Gasteiger partial charge in [0, 0.05) is 6.04 Å². The monoisotopic (exact) mass is 153 g/mol. The molecule has 2 rings (SSSR count). The van der Waals surface area contributed by atoms with Crippen LogP contribution in [0, 0.1) is 22.7 Å². The Bertz CT molecular complexity index is 197. The Kier molecular flexibility index (Phi) is 1.15. The molecule has 11 heavy (non-hydrogen) atoms. The fraction of sp³-hybridized carbons (Fsp3) is 1.00. The van der Waals surface area contributed by atoms with Crippen molar-refractivity contribution >= 4 is 0 Å². The highest BCUT2D eigenvalue weighted by molar-refractivity contribution is 5.27. The highest BCUT2D eigenvalue weighted by Gasteiger charge is 2.76. The van der Waals surface area contributed by atoms with Crippen molar-refractivity contribution in [3.8, 4) is 0 Å². The van der Waals surface area contributed by atoms with Gasteiger partial charge >= 0.3 is 0 Å².